The van der Waals surface area contributed by atoms with Crippen molar-refractivity contribution in [2.75, 3.05) is 25.1 Å². The Hall–Kier alpha value is -5.38. The molecule has 2 N–H and O–H groups in total. The van der Waals surface area contributed by atoms with Gasteiger partial charge in [0.2, 0.25) is 0 Å². The summed E-state index contributed by atoms with van der Waals surface area (Å²) < 4.78 is 24.0. The molecule has 0 saturated heterocycles. The predicted molar refractivity (Wildman–Crippen MR) is 217 cm³/mol. The highest BCUT2D eigenvalue weighted by molar-refractivity contribution is 6.74. The lowest BCUT2D eigenvalue weighted by Gasteiger charge is -2.36. The van der Waals surface area contributed by atoms with Gasteiger partial charge in [-0.25, -0.2) is 4.79 Å². The average molecular weight is 743 g/mol. The number of rotatable bonds is 15. The van der Waals surface area contributed by atoms with Gasteiger partial charge in [0.15, 0.2) is 14.1 Å². The number of carbonyl (C=O) groups excluding carboxylic acids is 2. The van der Waals surface area contributed by atoms with Gasteiger partial charge >= 0.3 is 6.09 Å². The van der Waals surface area contributed by atoms with E-state index in [2.05, 4.69) is 68.8 Å². The van der Waals surface area contributed by atoms with Gasteiger partial charge < -0.3 is 29.3 Å². The molecule has 0 spiro atoms. The Morgan fingerprint density at radius 2 is 1.30 bits per heavy atom. The van der Waals surface area contributed by atoms with Gasteiger partial charge in [-0.1, -0.05) is 93.6 Å². The van der Waals surface area contributed by atoms with Gasteiger partial charge in [-0.15, -0.1) is 0 Å². The fourth-order valence-corrected chi connectivity index (χ4v) is 7.21. The Kier molecular flexibility index (Phi) is 12.2. The van der Waals surface area contributed by atoms with Crippen molar-refractivity contribution in [3.63, 3.8) is 0 Å². The number of hydrogen-bond acceptors (Lipinski definition) is 6. The van der Waals surface area contributed by atoms with Crippen LogP contribution in [-0.2, 0) is 15.7 Å². The van der Waals surface area contributed by atoms with E-state index in [1.165, 1.54) is 22.3 Å². The van der Waals surface area contributed by atoms with E-state index in [0.29, 0.717) is 29.4 Å². The highest BCUT2D eigenvalue weighted by Crippen LogP contribution is 2.44. The summed E-state index contributed by atoms with van der Waals surface area (Å²) in [6.45, 7) is 13.2. The molecule has 54 heavy (non-hydrogen) atoms. The summed E-state index contributed by atoms with van der Waals surface area (Å²) >= 11 is 0. The van der Waals surface area contributed by atoms with Crippen molar-refractivity contribution in [2.45, 2.75) is 64.2 Å². The highest BCUT2D eigenvalue weighted by atomic mass is 28.4. The van der Waals surface area contributed by atoms with Gasteiger partial charge in [-0.3, -0.25) is 4.79 Å². The molecular weight excluding hydrogens is 693 g/mol. The van der Waals surface area contributed by atoms with E-state index in [9.17, 15) is 9.59 Å². The van der Waals surface area contributed by atoms with Gasteiger partial charge in [-0.05, 0) is 107 Å². The van der Waals surface area contributed by atoms with Crippen LogP contribution in [0, 0.1) is 0 Å². The molecule has 5 aromatic carbocycles. The maximum absolute atomic E-state index is 13.2. The molecule has 280 valence electrons. The zero-order valence-corrected chi connectivity index (χ0v) is 32.8. The summed E-state index contributed by atoms with van der Waals surface area (Å²) in [6.07, 6.45) is 1.39. The molecule has 5 aromatic rings. The number of para-hydroxylation sites is 2. The topological polar surface area (TPSA) is 95.1 Å². The molecule has 0 unspecified atom stereocenters. The lowest BCUT2D eigenvalue weighted by Crippen LogP contribution is -2.41. The number of benzene rings is 5. The molecule has 0 saturated carbocycles. The van der Waals surface area contributed by atoms with E-state index < -0.39 is 14.4 Å². The highest BCUT2D eigenvalue weighted by Gasteiger charge is 2.36. The Balaban J connectivity index is 0.940. The van der Waals surface area contributed by atoms with Gasteiger partial charge in [-0.2, -0.15) is 0 Å². The summed E-state index contributed by atoms with van der Waals surface area (Å²) in [5, 5.41) is 6.00. The van der Waals surface area contributed by atoms with Crippen LogP contribution in [0.25, 0.3) is 11.1 Å². The molecule has 1 aliphatic rings. The molecule has 0 fully saturated rings. The first-order valence-corrected chi connectivity index (χ1v) is 21.5. The zero-order chi connectivity index (χ0) is 38.1. The lowest BCUT2D eigenvalue weighted by atomic mass is 9.98. The molecule has 0 heterocycles. The van der Waals surface area contributed by atoms with E-state index >= 15 is 0 Å². The number of carbonyl (C=O) groups is 2. The maximum Gasteiger partial charge on any atom is 0.407 e. The van der Waals surface area contributed by atoms with Crippen LogP contribution in [0.3, 0.4) is 0 Å². The Morgan fingerprint density at radius 3 is 1.96 bits per heavy atom. The molecule has 2 amide bonds. The molecule has 0 bridgehead atoms. The Morgan fingerprint density at radius 1 is 0.704 bits per heavy atom. The van der Waals surface area contributed by atoms with Crippen molar-refractivity contribution in [3.05, 3.63) is 144 Å². The minimum Gasteiger partial charge on any atom is -0.494 e. The van der Waals surface area contributed by atoms with Crippen LogP contribution < -0.4 is 20.1 Å². The van der Waals surface area contributed by atoms with E-state index in [1.807, 2.05) is 78.9 Å². The molecule has 0 aromatic heterocycles. The van der Waals surface area contributed by atoms with Crippen molar-refractivity contribution >= 4 is 26.0 Å². The first kappa shape index (κ1) is 38.3. The summed E-state index contributed by atoms with van der Waals surface area (Å²) in [4.78, 5) is 25.9. The minimum atomic E-state index is -1.72. The third-order valence-electron chi connectivity index (χ3n) is 10.3. The average Bonchev–Trinajstić information content (AvgIpc) is 3.49. The summed E-state index contributed by atoms with van der Waals surface area (Å²) in [7, 11) is -1.72. The van der Waals surface area contributed by atoms with Crippen LogP contribution in [0.1, 0.15) is 66.6 Å². The molecule has 9 heteroatoms. The van der Waals surface area contributed by atoms with E-state index in [0.717, 1.165) is 30.8 Å². The quantitative estimate of drug-likeness (QED) is 0.0819. The van der Waals surface area contributed by atoms with Crippen molar-refractivity contribution in [1.82, 2.24) is 5.32 Å². The molecule has 8 nitrogen and oxygen atoms in total. The number of amides is 2. The first-order chi connectivity index (χ1) is 26.0. The van der Waals surface area contributed by atoms with Gasteiger partial charge in [0.25, 0.3) is 5.91 Å². The molecular formula is C45H50N2O6Si. The van der Waals surface area contributed by atoms with Gasteiger partial charge in [0.1, 0.15) is 18.1 Å². The van der Waals surface area contributed by atoms with Crippen LogP contribution >= 0.6 is 0 Å². The van der Waals surface area contributed by atoms with Crippen molar-refractivity contribution in [2.24, 2.45) is 0 Å². The third kappa shape index (κ3) is 9.58. The number of hydrogen-bond donors (Lipinski definition) is 2. The van der Waals surface area contributed by atoms with Crippen molar-refractivity contribution in [3.8, 4) is 28.4 Å². The summed E-state index contributed by atoms with van der Waals surface area (Å²) in [5.41, 5.74) is 6.56. The van der Waals surface area contributed by atoms with Crippen LogP contribution in [0.2, 0.25) is 18.1 Å². The van der Waals surface area contributed by atoms with Crippen LogP contribution in [-0.4, -0.2) is 40.1 Å². The maximum atomic E-state index is 13.2. The normalized spacial score (nSPS) is 12.4. The fourth-order valence-electron chi connectivity index (χ4n) is 6.12. The molecule has 0 atom stereocenters. The fraction of sp³-hybridized carbons (Fsp3) is 0.289. The Labute approximate surface area is 320 Å². The standard InChI is InChI=1S/C45H50N2O6Si/c1-45(2,3)54(4,5)52-29-13-12-28-50-34-24-26-35(27-25-34)53-42-19-11-10-18-41(42)47-43(48)33-22-20-32(21-23-33)30-46-44(49)51-31-40-38-16-8-6-14-36(38)37-15-7-9-17-39(37)40/h6-11,14-27,40H,12-13,28-31H2,1-5H3,(H,46,49)(H,47,48). The number of alkyl carbamates (subject to hydrolysis) is 1. The number of nitrogens with one attached hydrogen (secondary N) is 2. The second kappa shape index (κ2) is 17.2. The number of ether oxygens (including phenoxy) is 3. The number of unbranched alkanes of at least 4 members (excludes halogenated alkanes) is 1. The second-order valence-corrected chi connectivity index (χ2v) is 19.9. The van der Waals surface area contributed by atoms with Crippen molar-refractivity contribution < 1.29 is 28.2 Å². The molecule has 6 rings (SSSR count). The number of fused-ring (bicyclic) bond motifs is 3. The third-order valence-corrected chi connectivity index (χ3v) is 14.8. The van der Waals surface area contributed by atoms with Crippen LogP contribution in [0.5, 0.6) is 17.2 Å². The number of anilines is 1. The second-order valence-electron chi connectivity index (χ2n) is 15.1. The van der Waals surface area contributed by atoms with E-state index in [4.69, 9.17) is 18.6 Å². The lowest BCUT2D eigenvalue weighted by molar-refractivity contribution is 0.102. The van der Waals surface area contributed by atoms with E-state index in [1.54, 1.807) is 18.2 Å². The Bertz CT molecular complexity index is 1990. The molecule has 0 radical (unpaired) electrons. The molecule has 0 aliphatic heterocycles. The summed E-state index contributed by atoms with van der Waals surface area (Å²) in [6, 6.07) is 38.3. The van der Waals surface area contributed by atoms with Crippen molar-refractivity contribution in [1.29, 1.82) is 0 Å². The first-order valence-electron chi connectivity index (χ1n) is 18.6. The van der Waals surface area contributed by atoms with Crippen LogP contribution in [0.15, 0.2) is 121 Å². The minimum absolute atomic E-state index is 0.00412. The van der Waals surface area contributed by atoms with Gasteiger partial charge in [0.05, 0.1) is 12.3 Å². The SMILES string of the molecule is CC(C)(C)[Si](C)(C)OCCCCOc1ccc(Oc2ccccc2NC(=O)c2ccc(CNC(=O)OCC3c4ccccc4-c4ccccc43)cc2)cc1. The molecule has 1 aliphatic carbocycles. The summed E-state index contributed by atoms with van der Waals surface area (Å²) in [5.74, 6) is 1.63. The van der Waals surface area contributed by atoms with E-state index in [-0.39, 0.29) is 30.0 Å². The largest absolute Gasteiger partial charge is 0.494 e. The smallest absolute Gasteiger partial charge is 0.407 e. The van der Waals surface area contributed by atoms with Crippen LogP contribution in [0.4, 0.5) is 10.5 Å². The zero-order valence-electron chi connectivity index (χ0n) is 31.8. The predicted octanol–water partition coefficient (Wildman–Crippen LogP) is 11.0. The van der Waals surface area contributed by atoms with Gasteiger partial charge in [0, 0.05) is 24.6 Å². The monoisotopic (exact) mass is 742 g/mol.